The van der Waals surface area contributed by atoms with Crippen molar-refractivity contribution < 1.29 is 0 Å². The van der Waals surface area contributed by atoms with Gasteiger partial charge < -0.3 is 0 Å². The summed E-state index contributed by atoms with van der Waals surface area (Å²) in [7, 11) is 0. The molecule has 0 atom stereocenters. The van der Waals surface area contributed by atoms with E-state index in [0.717, 1.165) is 16.2 Å². The third kappa shape index (κ3) is 1.60. The van der Waals surface area contributed by atoms with Gasteiger partial charge in [0.2, 0.25) is 5.43 Å². The molecule has 3 aromatic rings. The Morgan fingerprint density at radius 3 is 2.12 bits per heavy atom. The molecular weight excluding hydrogens is 232 g/mol. The van der Waals surface area contributed by atoms with Crippen LogP contribution in [-0.2, 0) is 0 Å². The molecule has 3 aromatic carbocycles. The summed E-state index contributed by atoms with van der Waals surface area (Å²) in [4.78, 5) is 12.1. The normalized spacial score (nSPS) is 10.9. The molecule has 2 heteroatoms. The second-order valence-corrected chi connectivity index (χ2v) is 4.36. The summed E-state index contributed by atoms with van der Waals surface area (Å²) in [6, 6.07) is 17.2. The molecule has 0 radical (unpaired) electrons. The van der Waals surface area contributed by atoms with Crippen molar-refractivity contribution in [2.24, 2.45) is 0 Å². The van der Waals surface area contributed by atoms with E-state index in [1.807, 2.05) is 48.5 Å². The van der Waals surface area contributed by atoms with Gasteiger partial charge in [0.25, 0.3) is 0 Å². The lowest BCUT2D eigenvalue weighted by Gasteiger charge is -1.95. The predicted molar refractivity (Wildman–Crippen MR) is 72.7 cm³/mol. The minimum Gasteiger partial charge on any atom is -0.288 e. The van der Waals surface area contributed by atoms with Crippen LogP contribution in [0.15, 0.2) is 59.4 Å². The van der Waals surface area contributed by atoms with E-state index in [1.165, 1.54) is 0 Å². The molecule has 0 saturated heterocycles. The Morgan fingerprint density at radius 2 is 1.35 bits per heavy atom. The monoisotopic (exact) mass is 240 g/mol. The average molecular weight is 241 g/mol. The number of halogens is 1. The zero-order valence-corrected chi connectivity index (χ0v) is 9.74. The molecule has 0 amide bonds. The first-order valence-electron chi connectivity index (χ1n) is 5.38. The minimum absolute atomic E-state index is 0.113. The fourth-order valence-electron chi connectivity index (χ4n) is 2.11. The molecule has 0 fully saturated rings. The van der Waals surface area contributed by atoms with Crippen molar-refractivity contribution in [2.45, 2.75) is 0 Å². The third-order valence-corrected chi connectivity index (χ3v) is 3.20. The summed E-state index contributed by atoms with van der Waals surface area (Å²) in [6.45, 7) is 0. The fraction of sp³-hybridized carbons (Fsp3) is 0. The topological polar surface area (TPSA) is 17.1 Å². The number of fused-ring (bicyclic) bond motifs is 3. The van der Waals surface area contributed by atoms with Crippen LogP contribution in [0.5, 0.6) is 0 Å². The van der Waals surface area contributed by atoms with Crippen LogP contribution in [0.3, 0.4) is 0 Å². The van der Waals surface area contributed by atoms with Gasteiger partial charge in [-0.2, -0.15) is 0 Å². The van der Waals surface area contributed by atoms with E-state index < -0.39 is 0 Å². The van der Waals surface area contributed by atoms with E-state index in [4.69, 9.17) is 11.6 Å². The molecule has 82 valence electrons. The van der Waals surface area contributed by atoms with Crippen molar-refractivity contribution in [3.05, 3.63) is 69.8 Å². The maximum absolute atomic E-state index is 12.1. The standard InChI is InChI=1S/C15H9ClO/c16-14-9-10-5-1-2-6-11(10)12-7-3-4-8-13(12)15(14)17/h1-9H. The maximum atomic E-state index is 12.1. The van der Waals surface area contributed by atoms with Crippen LogP contribution in [-0.4, -0.2) is 0 Å². The van der Waals surface area contributed by atoms with Gasteiger partial charge in [-0.15, -0.1) is 0 Å². The molecule has 0 saturated carbocycles. The van der Waals surface area contributed by atoms with Gasteiger partial charge in [0.1, 0.15) is 0 Å². The third-order valence-electron chi connectivity index (χ3n) is 2.92. The number of benzene rings is 2. The SMILES string of the molecule is O=c1c(Cl)cc2ccccc2c2ccccc12. The van der Waals surface area contributed by atoms with Crippen molar-refractivity contribution in [1.82, 2.24) is 0 Å². The Morgan fingerprint density at radius 1 is 0.765 bits per heavy atom. The Balaban J connectivity index is 2.76. The molecule has 0 N–H and O–H groups in total. The van der Waals surface area contributed by atoms with Gasteiger partial charge in [-0.05, 0) is 22.2 Å². The lowest BCUT2D eigenvalue weighted by atomic mass is 10.1. The largest absolute Gasteiger partial charge is 0.288 e. The van der Waals surface area contributed by atoms with Gasteiger partial charge in [0.05, 0.1) is 5.02 Å². The Bertz CT molecular complexity index is 778. The molecule has 0 spiro atoms. The lowest BCUT2D eigenvalue weighted by molar-refractivity contribution is 1.72. The summed E-state index contributed by atoms with van der Waals surface area (Å²) in [5, 5.41) is 3.91. The molecule has 0 unspecified atom stereocenters. The number of rotatable bonds is 0. The molecule has 0 aromatic heterocycles. The van der Waals surface area contributed by atoms with Crippen molar-refractivity contribution >= 4 is 33.1 Å². The highest BCUT2D eigenvalue weighted by atomic mass is 35.5. The highest BCUT2D eigenvalue weighted by molar-refractivity contribution is 6.32. The highest BCUT2D eigenvalue weighted by Gasteiger charge is 2.04. The minimum atomic E-state index is -0.113. The van der Waals surface area contributed by atoms with Crippen LogP contribution in [0.1, 0.15) is 0 Å². The van der Waals surface area contributed by atoms with Crippen LogP contribution in [0.2, 0.25) is 5.02 Å². The molecule has 3 rings (SSSR count). The van der Waals surface area contributed by atoms with Crippen molar-refractivity contribution in [2.75, 3.05) is 0 Å². The van der Waals surface area contributed by atoms with E-state index in [2.05, 4.69) is 0 Å². The van der Waals surface area contributed by atoms with E-state index in [0.29, 0.717) is 5.39 Å². The summed E-state index contributed by atoms with van der Waals surface area (Å²) < 4.78 is 0. The first-order chi connectivity index (χ1) is 8.27. The molecule has 0 aliphatic carbocycles. The van der Waals surface area contributed by atoms with Gasteiger partial charge >= 0.3 is 0 Å². The smallest absolute Gasteiger partial charge is 0.204 e. The molecular formula is C15H9ClO. The first kappa shape index (κ1) is 10.3. The van der Waals surface area contributed by atoms with Gasteiger partial charge in [-0.1, -0.05) is 60.1 Å². The van der Waals surface area contributed by atoms with Gasteiger partial charge in [-0.3, -0.25) is 4.79 Å². The molecule has 17 heavy (non-hydrogen) atoms. The van der Waals surface area contributed by atoms with Crippen molar-refractivity contribution in [3.63, 3.8) is 0 Å². The fourth-order valence-corrected chi connectivity index (χ4v) is 2.33. The molecule has 0 heterocycles. The van der Waals surface area contributed by atoms with Crippen LogP contribution < -0.4 is 5.43 Å². The van der Waals surface area contributed by atoms with Crippen molar-refractivity contribution in [1.29, 1.82) is 0 Å². The quantitative estimate of drug-likeness (QED) is 0.580. The van der Waals surface area contributed by atoms with Crippen LogP contribution in [0.4, 0.5) is 0 Å². The summed E-state index contributed by atoms with van der Waals surface area (Å²) in [5.74, 6) is 0. The second kappa shape index (κ2) is 3.86. The number of hydrogen-bond acceptors (Lipinski definition) is 1. The highest BCUT2D eigenvalue weighted by Crippen LogP contribution is 2.23. The van der Waals surface area contributed by atoms with Gasteiger partial charge in [0, 0.05) is 5.39 Å². The molecule has 0 bridgehead atoms. The molecule has 0 aliphatic rings. The summed E-state index contributed by atoms with van der Waals surface area (Å²) in [5.41, 5.74) is -0.113. The predicted octanol–water partition coefficient (Wildman–Crippen LogP) is 4.01. The van der Waals surface area contributed by atoms with Crippen LogP contribution in [0.25, 0.3) is 21.5 Å². The average Bonchev–Trinajstić information content (AvgIpc) is 2.48. The molecule has 0 aliphatic heterocycles. The van der Waals surface area contributed by atoms with Gasteiger partial charge in [0.15, 0.2) is 0 Å². The van der Waals surface area contributed by atoms with Crippen molar-refractivity contribution in [3.8, 4) is 0 Å². The molecule has 1 nitrogen and oxygen atoms in total. The van der Waals surface area contributed by atoms with E-state index in [1.54, 1.807) is 6.07 Å². The Kier molecular flexibility index (Phi) is 2.34. The summed E-state index contributed by atoms with van der Waals surface area (Å²) >= 11 is 6.04. The van der Waals surface area contributed by atoms with E-state index >= 15 is 0 Å². The zero-order chi connectivity index (χ0) is 11.8. The first-order valence-corrected chi connectivity index (χ1v) is 5.75. The lowest BCUT2D eigenvalue weighted by Crippen LogP contribution is -1.96. The van der Waals surface area contributed by atoms with Crippen LogP contribution >= 0.6 is 11.6 Å². The van der Waals surface area contributed by atoms with Gasteiger partial charge in [-0.25, -0.2) is 0 Å². The second-order valence-electron chi connectivity index (χ2n) is 3.95. The zero-order valence-electron chi connectivity index (χ0n) is 8.98. The Hall–Kier alpha value is -1.86. The summed E-state index contributed by atoms with van der Waals surface area (Å²) in [6.07, 6.45) is 0. The Labute approximate surface area is 103 Å². The van der Waals surface area contributed by atoms with Crippen LogP contribution in [0, 0.1) is 0 Å². The number of hydrogen-bond donors (Lipinski definition) is 0. The van der Waals surface area contributed by atoms with E-state index in [9.17, 15) is 4.79 Å². The van der Waals surface area contributed by atoms with E-state index in [-0.39, 0.29) is 10.5 Å². The maximum Gasteiger partial charge on any atom is 0.204 e.